The molecular formula is C20H23FN2O3S. The van der Waals surface area contributed by atoms with Crippen LogP contribution in [0.25, 0.3) is 0 Å². The number of benzene rings is 2. The Morgan fingerprint density at radius 1 is 1.11 bits per heavy atom. The van der Waals surface area contributed by atoms with Crippen molar-refractivity contribution in [2.75, 3.05) is 0 Å². The van der Waals surface area contributed by atoms with E-state index in [0.717, 1.165) is 24.0 Å². The van der Waals surface area contributed by atoms with Gasteiger partial charge in [0, 0.05) is 12.5 Å². The molecule has 2 N–H and O–H groups in total. The highest BCUT2D eigenvalue weighted by molar-refractivity contribution is 7.89. The minimum Gasteiger partial charge on any atom is -0.350 e. The van der Waals surface area contributed by atoms with Gasteiger partial charge < -0.3 is 5.32 Å². The second kappa shape index (κ2) is 8.19. The summed E-state index contributed by atoms with van der Waals surface area (Å²) < 4.78 is 39.9. The van der Waals surface area contributed by atoms with E-state index >= 15 is 0 Å². The lowest BCUT2D eigenvalue weighted by Gasteiger charge is -2.14. The number of carbonyl (C=O) groups is 1. The van der Waals surface area contributed by atoms with Gasteiger partial charge in [-0.05, 0) is 61.6 Å². The Morgan fingerprint density at radius 3 is 2.33 bits per heavy atom. The maximum absolute atomic E-state index is 13.0. The summed E-state index contributed by atoms with van der Waals surface area (Å²) in [4.78, 5) is 12.4. The topological polar surface area (TPSA) is 75.3 Å². The van der Waals surface area contributed by atoms with Crippen molar-refractivity contribution in [1.29, 1.82) is 0 Å². The Hall–Kier alpha value is -2.25. The standard InChI is InChI=1S/C20H23FN2O3S/c1-14(16-5-7-17(21)8-6-16)22-20(24)13-4-15-2-11-19(12-3-15)27(25,26)23-18-9-10-18/h2-3,5-8,11-12,14,18,23H,4,9-10,13H2,1H3,(H,22,24). The van der Waals surface area contributed by atoms with Gasteiger partial charge >= 0.3 is 0 Å². The van der Waals surface area contributed by atoms with Crippen molar-refractivity contribution in [3.63, 3.8) is 0 Å². The van der Waals surface area contributed by atoms with E-state index in [1.807, 2.05) is 6.92 Å². The third-order valence-electron chi connectivity index (χ3n) is 4.52. The molecule has 1 fully saturated rings. The molecule has 0 saturated heterocycles. The van der Waals surface area contributed by atoms with Gasteiger partial charge in [-0.3, -0.25) is 4.79 Å². The third-order valence-corrected chi connectivity index (χ3v) is 6.06. The van der Waals surface area contributed by atoms with Gasteiger partial charge in [0.2, 0.25) is 15.9 Å². The van der Waals surface area contributed by atoms with Gasteiger partial charge in [0.05, 0.1) is 10.9 Å². The van der Waals surface area contributed by atoms with E-state index in [1.165, 1.54) is 12.1 Å². The largest absolute Gasteiger partial charge is 0.350 e. The Morgan fingerprint density at radius 2 is 1.74 bits per heavy atom. The van der Waals surface area contributed by atoms with E-state index in [2.05, 4.69) is 10.0 Å². The van der Waals surface area contributed by atoms with Crippen LogP contribution in [0.3, 0.4) is 0 Å². The summed E-state index contributed by atoms with van der Waals surface area (Å²) in [6.07, 6.45) is 2.59. The van der Waals surface area contributed by atoms with Crippen molar-refractivity contribution in [3.05, 3.63) is 65.5 Å². The maximum Gasteiger partial charge on any atom is 0.240 e. The molecule has 2 aromatic rings. The number of nitrogens with one attached hydrogen (secondary N) is 2. The van der Waals surface area contributed by atoms with Gasteiger partial charge in [0.1, 0.15) is 5.82 Å². The van der Waals surface area contributed by atoms with Crippen LogP contribution in [0.1, 0.15) is 43.4 Å². The lowest BCUT2D eigenvalue weighted by molar-refractivity contribution is -0.121. The van der Waals surface area contributed by atoms with Crippen LogP contribution in [0.4, 0.5) is 4.39 Å². The molecular weight excluding hydrogens is 367 g/mol. The highest BCUT2D eigenvalue weighted by Gasteiger charge is 2.27. The van der Waals surface area contributed by atoms with Crippen LogP contribution in [0.5, 0.6) is 0 Å². The molecule has 1 amide bonds. The lowest BCUT2D eigenvalue weighted by Crippen LogP contribution is -2.27. The van der Waals surface area contributed by atoms with E-state index in [1.54, 1.807) is 36.4 Å². The van der Waals surface area contributed by atoms with Gasteiger partial charge in [0.25, 0.3) is 0 Å². The summed E-state index contributed by atoms with van der Waals surface area (Å²) in [5.41, 5.74) is 1.73. The monoisotopic (exact) mass is 390 g/mol. The number of rotatable bonds is 8. The third kappa shape index (κ3) is 5.61. The quantitative estimate of drug-likeness (QED) is 0.727. The van der Waals surface area contributed by atoms with Crippen molar-refractivity contribution in [3.8, 4) is 0 Å². The van der Waals surface area contributed by atoms with E-state index in [0.29, 0.717) is 6.42 Å². The number of halogens is 1. The molecule has 1 atom stereocenters. The molecule has 0 aliphatic heterocycles. The summed E-state index contributed by atoms with van der Waals surface area (Å²) in [5.74, 6) is -0.422. The van der Waals surface area contributed by atoms with Crippen LogP contribution < -0.4 is 10.0 Å². The van der Waals surface area contributed by atoms with E-state index in [9.17, 15) is 17.6 Å². The Bertz CT molecular complexity index is 892. The first-order valence-corrected chi connectivity index (χ1v) is 10.5. The molecule has 2 aromatic carbocycles. The molecule has 0 radical (unpaired) electrons. The second-order valence-corrected chi connectivity index (χ2v) is 8.59. The number of carbonyl (C=O) groups excluding carboxylic acids is 1. The minimum atomic E-state index is -3.45. The van der Waals surface area contributed by atoms with Gasteiger partial charge in [-0.15, -0.1) is 0 Å². The van der Waals surface area contributed by atoms with Crippen molar-refractivity contribution in [2.24, 2.45) is 0 Å². The molecule has 0 spiro atoms. The predicted octanol–water partition coefficient (Wildman–Crippen LogP) is 3.08. The molecule has 1 unspecified atom stereocenters. The highest BCUT2D eigenvalue weighted by atomic mass is 32.2. The summed E-state index contributed by atoms with van der Waals surface area (Å²) in [7, 11) is -3.45. The van der Waals surface area contributed by atoms with E-state index in [4.69, 9.17) is 0 Å². The highest BCUT2D eigenvalue weighted by Crippen LogP contribution is 2.22. The van der Waals surface area contributed by atoms with Crippen molar-refractivity contribution in [2.45, 2.75) is 49.6 Å². The molecule has 7 heteroatoms. The van der Waals surface area contributed by atoms with E-state index < -0.39 is 10.0 Å². The molecule has 1 aliphatic rings. The zero-order chi connectivity index (χ0) is 19.4. The normalized spacial score (nSPS) is 15.3. The molecule has 0 aromatic heterocycles. The van der Waals surface area contributed by atoms with Crippen LogP contribution in [0, 0.1) is 5.82 Å². The Kier molecular flexibility index (Phi) is 5.92. The molecule has 3 rings (SSSR count). The SMILES string of the molecule is CC(NC(=O)CCc1ccc(S(=O)(=O)NC2CC2)cc1)c1ccc(F)cc1. The Balaban J connectivity index is 1.50. The van der Waals surface area contributed by atoms with Crippen molar-refractivity contribution >= 4 is 15.9 Å². The molecule has 27 heavy (non-hydrogen) atoms. The molecule has 5 nitrogen and oxygen atoms in total. The van der Waals surface area contributed by atoms with Crippen molar-refractivity contribution < 1.29 is 17.6 Å². The fourth-order valence-electron chi connectivity index (χ4n) is 2.73. The van der Waals surface area contributed by atoms with Gasteiger partial charge in [-0.1, -0.05) is 24.3 Å². The summed E-state index contributed by atoms with van der Waals surface area (Å²) in [5, 5.41) is 2.88. The van der Waals surface area contributed by atoms with Gasteiger partial charge in [-0.2, -0.15) is 0 Å². The van der Waals surface area contributed by atoms with Crippen LogP contribution in [0.2, 0.25) is 0 Å². The fraction of sp³-hybridized carbons (Fsp3) is 0.350. The zero-order valence-electron chi connectivity index (χ0n) is 15.1. The lowest BCUT2D eigenvalue weighted by atomic mass is 10.1. The summed E-state index contributed by atoms with van der Waals surface area (Å²) >= 11 is 0. The Labute approximate surface area is 159 Å². The van der Waals surface area contributed by atoms with Crippen LogP contribution in [0.15, 0.2) is 53.4 Å². The first-order chi connectivity index (χ1) is 12.8. The average molecular weight is 390 g/mol. The molecule has 144 valence electrons. The summed E-state index contributed by atoms with van der Waals surface area (Å²) in [6, 6.07) is 12.5. The van der Waals surface area contributed by atoms with E-state index in [-0.39, 0.29) is 35.1 Å². The number of hydrogen-bond donors (Lipinski definition) is 2. The van der Waals surface area contributed by atoms with Crippen LogP contribution in [-0.2, 0) is 21.2 Å². The minimum absolute atomic E-state index is 0.0708. The maximum atomic E-state index is 13.0. The van der Waals surface area contributed by atoms with Crippen LogP contribution >= 0.6 is 0 Å². The smallest absolute Gasteiger partial charge is 0.240 e. The van der Waals surface area contributed by atoms with Crippen molar-refractivity contribution in [1.82, 2.24) is 10.0 Å². The number of aryl methyl sites for hydroxylation is 1. The zero-order valence-corrected chi connectivity index (χ0v) is 15.9. The first kappa shape index (κ1) is 19.5. The number of hydrogen-bond acceptors (Lipinski definition) is 3. The number of amides is 1. The molecule has 1 saturated carbocycles. The molecule has 0 bridgehead atoms. The predicted molar refractivity (Wildman–Crippen MR) is 101 cm³/mol. The summed E-state index contributed by atoms with van der Waals surface area (Å²) in [6.45, 7) is 1.84. The number of sulfonamides is 1. The molecule has 0 heterocycles. The average Bonchev–Trinajstić information content (AvgIpc) is 3.44. The second-order valence-electron chi connectivity index (χ2n) is 6.88. The fourth-order valence-corrected chi connectivity index (χ4v) is 4.04. The molecule has 1 aliphatic carbocycles. The first-order valence-electron chi connectivity index (χ1n) is 8.99. The van der Waals surface area contributed by atoms with Gasteiger partial charge in [0.15, 0.2) is 0 Å². The van der Waals surface area contributed by atoms with Crippen LogP contribution in [-0.4, -0.2) is 20.4 Å². The van der Waals surface area contributed by atoms with Gasteiger partial charge in [-0.25, -0.2) is 17.5 Å².